The number of amides is 2. The van der Waals surface area contributed by atoms with Crippen LogP contribution in [0.5, 0.6) is 0 Å². The highest BCUT2D eigenvalue weighted by Crippen LogP contribution is 2.16. The van der Waals surface area contributed by atoms with Crippen LogP contribution in [0.2, 0.25) is 0 Å². The smallest absolute Gasteiger partial charge is 0.410 e. The number of aromatic nitrogens is 3. The number of nitrogens with zero attached hydrogens (tertiary/aromatic N) is 5. The number of hydrogen-bond acceptors (Lipinski definition) is 7. The molecule has 0 spiro atoms. The summed E-state index contributed by atoms with van der Waals surface area (Å²) in [5, 5.41) is 18.0. The van der Waals surface area contributed by atoms with Gasteiger partial charge in [-0.15, -0.1) is 0 Å². The highest BCUT2D eigenvalue weighted by Gasteiger charge is 2.22. The van der Waals surface area contributed by atoms with Gasteiger partial charge < -0.3 is 15.0 Å². The van der Waals surface area contributed by atoms with Gasteiger partial charge in [0, 0.05) is 43.8 Å². The molecule has 3 rings (SSSR count). The molecule has 1 aromatic carbocycles. The van der Waals surface area contributed by atoms with Gasteiger partial charge >= 0.3 is 6.09 Å². The second-order valence-electron chi connectivity index (χ2n) is 8.80. The molecule has 0 aliphatic heterocycles. The van der Waals surface area contributed by atoms with Gasteiger partial charge in [0.1, 0.15) is 5.60 Å². The summed E-state index contributed by atoms with van der Waals surface area (Å²) in [4.78, 5) is 41.3. The Hall–Kier alpha value is -4.28. The number of benzene rings is 1. The highest BCUT2D eigenvalue weighted by atomic mass is 16.6. The SMILES string of the molecule is CC(C)(C)OC(=O)N(CCCNC(=O)c1ccn(-c2cccc([N+](=O)[O-])c2)n1)Cc1cccnc1. The Morgan fingerprint density at radius 3 is 2.69 bits per heavy atom. The third-order valence-electron chi connectivity index (χ3n) is 4.77. The largest absolute Gasteiger partial charge is 0.444 e. The van der Waals surface area contributed by atoms with Crippen LogP contribution in [0.3, 0.4) is 0 Å². The van der Waals surface area contributed by atoms with Crippen molar-refractivity contribution in [3.8, 4) is 5.69 Å². The first-order chi connectivity index (χ1) is 16.6. The van der Waals surface area contributed by atoms with Crippen LogP contribution in [-0.4, -0.2) is 55.3 Å². The van der Waals surface area contributed by atoms with Crippen LogP contribution < -0.4 is 5.32 Å². The first kappa shape index (κ1) is 25.3. The van der Waals surface area contributed by atoms with Crippen LogP contribution in [0, 0.1) is 10.1 Å². The van der Waals surface area contributed by atoms with Gasteiger partial charge in [0.25, 0.3) is 11.6 Å². The van der Waals surface area contributed by atoms with Crippen LogP contribution in [0.15, 0.2) is 61.1 Å². The van der Waals surface area contributed by atoms with Crippen molar-refractivity contribution in [2.24, 2.45) is 0 Å². The lowest BCUT2D eigenvalue weighted by molar-refractivity contribution is -0.384. The van der Waals surface area contributed by atoms with Crippen molar-refractivity contribution >= 4 is 17.7 Å². The molecule has 0 aliphatic carbocycles. The number of nitro benzene ring substituents is 1. The topological polar surface area (TPSA) is 132 Å². The molecule has 0 radical (unpaired) electrons. The van der Waals surface area contributed by atoms with E-state index in [4.69, 9.17) is 4.74 Å². The third kappa shape index (κ3) is 7.63. The van der Waals surface area contributed by atoms with Crippen molar-refractivity contribution in [1.29, 1.82) is 0 Å². The van der Waals surface area contributed by atoms with Crippen molar-refractivity contribution < 1.29 is 19.2 Å². The average Bonchev–Trinajstić information content (AvgIpc) is 3.31. The molecule has 0 saturated carbocycles. The zero-order chi connectivity index (χ0) is 25.4. The Balaban J connectivity index is 1.56. The number of hydrogen-bond donors (Lipinski definition) is 1. The molecule has 0 atom stereocenters. The van der Waals surface area contributed by atoms with E-state index >= 15 is 0 Å². The van der Waals surface area contributed by atoms with Gasteiger partial charge in [-0.2, -0.15) is 5.10 Å². The summed E-state index contributed by atoms with van der Waals surface area (Å²) in [5.41, 5.74) is 0.827. The monoisotopic (exact) mass is 480 g/mol. The van der Waals surface area contributed by atoms with Crippen molar-refractivity contribution in [1.82, 2.24) is 25.0 Å². The predicted octanol–water partition coefficient (Wildman–Crippen LogP) is 3.73. The standard InChI is InChI=1S/C24H28N6O5/c1-24(2,3)35-23(32)28(17-18-7-5-11-25-16-18)13-6-12-26-22(31)21-10-14-29(27-21)19-8-4-9-20(15-19)30(33)34/h4-5,7-11,14-16H,6,12-13,17H2,1-3H3,(H,26,31). The molecule has 1 N–H and O–H groups in total. The molecule has 0 aliphatic rings. The van der Waals surface area contributed by atoms with Gasteiger partial charge in [-0.25, -0.2) is 9.48 Å². The molecule has 0 unspecified atom stereocenters. The Morgan fingerprint density at radius 1 is 1.20 bits per heavy atom. The van der Waals surface area contributed by atoms with E-state index in [2.05, 4.69) is 15.4 Å². The molecule has 184 valence electrons. The number of nitro groups is 1. The van der Waals surface area contributed by atoms with E-state index in [1.807, 2.05) is 6.07 Å². The van der Waals surface area contributed by atoms with E-state index in [9.17, 15) is 19.7 Å². The molecule has 2 amide bonds. The van der Waals surface area contributed by atoms with Crippen molar-refractivity contribution in [2.75, 3.05) is 13.1 Å². The fourth-order valence-corrected chi connectivity index (χ4v) is 3.17. The van der Waals surface area contributed by atoms with E-state index in [-0.39, 0.29) is 17.3 Å². The molecule has 3 aromatic rings. The van der Waals surface area contributed by atoms with Gasteiger partial charge in [0.15, 0.2) is 5.69 Å². The molecule has 0 bridgehead atoms. The fraction of sp³-hybridized carbons (Fsp3) is 0.333. The minimum absolute atomic E-state index is 0.0650. The van der Waals surface area contributed by atoms with Crippen LogP contribution in [0.1, 0.15) is 43.2 Å². The minimum atomic E-state index is -0.628. The van der Waals surface area contributed by atoms with E-state index in [1.165, 1.54) is 22.9 Å². The summed E-state index contributed by atoms with van der Waals surface area (Å²) in [7, 11) is 0. The lowest BCUT2D eigenvalue weighted by Crippen LogP contribution is -2.38. The Kier molecular flexibility index (Phi) is 8.13. The Bertz CT molecular complexity index is 1170. The van der Waals surface area contributed by atoms with E-state index in [1.54, 1.807) is 62.5 Å². The first-order valence-corrected chi connectivity index (χ1v) is 11.1. The second-order valence-corrected chi connectivity index (χ2v) is 8.80. The fourth-order valence-electron chi connectivity index (χ4n) is 3.17. The van der Waals surface area contributed by atoms with Crippen LogP contribution in [-0.2, 0) is 11.3 Å². The molecule has 0 saturated heterocycles. The number of ether oxygens (including phenoxy) is 1. The first-order valence-electron chi connectivity index (χ1n) is 11.1. The van der Waals surface area contributed by atoms with E-state index < -0.39 is 16.6 Å². The number of nitrogens with one attached hydrogen (secondary N) is 1. The number of pyridine rings is 1. The van der Waals surface area contributed by atoms with Gasteiger partial charge in [-0.05, 0) is 51.0 Å². The summed E-state index contributed by atoms with van der Waals surface area (Å²) in [6, 6.07) is 11.2. The second kappa shape index (κ2) is 11.2. The van der Waals surface area contributed by atoms with Crippen molar-refractivity contribution in [3.05, 3.63) is 82.4 Å². The Morgan fingerprint density at radius 2 is 2.00 bits per heavy atom. The third-order valence-corrected chi connectivity index (χ3v) is 4.77. The maximum atomic E-state index is 12.7. The van der Waals surface area contributed by atoms with Crippen LogP contribution in [0.25, 0.3) is 5.69 Å². The van der Waals surface area contributed by atoms with Gasteiger partial charge in [0.05, 0.1) is 17.2 Å². The summed E-state index contributed by atoms with van der Waals surface area (Å²) in [6.45, 7) is 6.44. The van der Waals surface area contributed by atoms with Gasteiger partial charge in [-0.3, -0.25) is 19.9 Å². The minimum Gasteiger partial charge on any atom is -0.444 e. The lowest BCUT2D eigenvalue weighted by Gasteiger charge is -2.27. The molecular weight excluding hydrogens is 452 g/mol. The summed E-state index contributed by atoms with van der Waals surface area (Å²) < 4.78 is 6.91. The van der Waals surface area contributed by atoms with Gasteiger partial charge in [-0.1, -0.05) is 12.1 Å². The van der Waals surface area contributed by atoms with Crippen LogP contribution >= 0.6 is 0 Å². The van der Waals surface area contributed by atoms with Crippen molar-refractivity contribution in [2.45, 2.75) is 39.3 Å². The zero-order valence-electron chi connectivity index (χ0n) is 19.9. The Labute approximate surface area is 202 Å². The number of carbonyl (C=O) groups excluding carboxylic acids is 2. The molecule has 35 heavy (non-hydrogen) atoms. The van der Waals surface area contributed by atoms with Crippen LogP contribution in [0.4, 0.5) is 10.5 Å². The summed E-state index contributed by atoms with van der Waals surface area (Å²) >= 11 is 0. The predicted molar refractivity (Wildman–Crippen MR) is 128 cm³/mol. The van der Waals surface area contributed by atoms with E-state index in [0.717, 1.165) is 5.56 Å². The quantitative estimate of drug-likeness (QED) is 0.280. The molecule has 11 heteroatoms. The maximum absolute atomic E-state index is 12.7. The zero-order valence-corrected chi connectivity index (χ0v) is 19.9. The van der Waals surface area contributed by atoms with Gasteiger partial charge in [0.2, 0.25) is 0 Å². The molecule has 2 heterocycles. The highest BCUT2D eigenvalue weighted by molar-refractivity contribution is 5.92. The molecular formula is C24H28N6O5. The number of carbonyl (C=O) groups is 2. The lowest BCUT2D eigenvalue weighted by atomic mass is 10.2. The maximum Gasteiger partial charge on any atom is 0.410 e. The van der Waals surface area contributed by atoms with Crippen molar-refractivity contribution in [3.63, 3.8) is 0 Å². The molecule has 0 fully saturated rings. The number of rotatable bonds is 9. The average molecular weight is 481 g/mol. The molecule has 2 aromatic heterocycles. The summed E-state index contributed by atoms with van der Waals surface area (Å²) in [6.07, 6.45) is 4.97. The normalized spacial score (nSPS) is 11.1. The molecule has 11 nitrogen and oxygen atoms in total. The summed E-state index contributed by atoms with van der Waals surface area (Å²) in [5.74, 6) is -0.384. The number of non-ortho nitro benzene ring substituents is 1. The van der Waals surface area contributed by atoms with E-state index in [0.29, 0.717) is 31.7 Å².